The molecule has 154 valence electrons. The standard InChI is InChI=1S/C20H39NO5/c1-16(19(22)23)12-10-8-6-4-3-5-7-9-11-13-18(21-26)15-14-17(2)20(24)25/h16-18,21,26H,3-15H2,1-2H3,(H,22,23)(H,24,25). The van der Waals surface area contributed by atoms with E-state index in [0.717, 1.165) is 38.5 Å². The molecular formula is C20H39NO5. The first-order chi connectivity index (χ1) is 12.4. The SMILES string of the molecule is CC(CCCCCCCCCCCC(CCC(C)C(=O)O)NO)C(=O)O. The molecule has 0 rings (SSSR count). The molecule has 0 saturated carbocycles. The van der Waals surface area contributed by atoms with Gasteiger partial charge >= 0.3 is 11.9 Å². The van der Waals surface area contributed by atoms with Gasteiger partial charge in [0.25, 0.3) is 0 Å². The molecule has 6 nitrogen and oxygen atoms in total. The number of unbranched alkanes of at least 4 members (excludes halogenated alkanes) is 8. The lowest BCUT2D eigenvalue weighted by Gasteiger charge is -2.16. The number of hydrogen-bond donors (Lipinski definition) is 4. The van der Waals surface area contributed by atoms with E-state index in [-0.39, 0.29) is 17.9 Å². The van der Waals surface area contributed by atoms with Crippen LogP contribution in [0.15, 0.2) is 0 Å². The smallest absolute Gasteiger partial charge is 0.306 e. The van der Waals surface area contributed by atoms with Gasteiger partial charge in [0.05, 0.1) is 11.8 Å². The van der Waals surface area contributed by atoms with E-state index >= 15 is 0 Å². The Labute approximate surface area is 158 Å². The van der Waals surface area contributed by atoms with E-state index in [2.05, 4.69) is 5.48 Å². The van der Waals surface area contributed by atoms with Crippen LogP contribution in [0.2, 0.25) is 0 Å². The second-order valence-electron chi connectivity index (χ2n) is 7.64. The normalized spacial score (nSPS) is 14.7. The molecule has 0 spiro atoms. The summed E-state index contributed by atoms with van der Waals surface area (Å²) in [6.07, 6.45) is 13.3. The van der Waals surface area contributed by atoms with Crippen molar-refractivity contribution in [1.82, 2.24) is 5.48 Å². The van der Waals surface area contributed by atoms with Crippen LogP contribution >= 0.6 is 0 Å². The van der Waals surface area contributed by atoms with E-state index in [0.29, 0.717) is 12.8 Å². The molecule has 0 aromatic carbocycles. The van der Waals surface area contributed by atoms with E-state index < -0.39 is 11.9 Å². The summed E-state index contributed by atoms with van der Waals surface area (Å²) in [5.41, 5.74) is 2.31. The Morgan fingerprint density at radius 3 is 1.46 bits per heavy atom. The third-order valence-electron chi connectivity index (χ3n) is 5.16. The van der Waals surface area contributed by atoms with Gasteiger partial charge in [-0.3, -0.25) is 9.59 Å². The summed E-state index contributed by atoms with van der Waals surface area (Å²) in [6.45, 7) is 3.47. The van der Waals surface area contributed by atoms with Crippen molar-refractivity contribution >= 4 is 11.9 Å². The second-order valence-corrected chi connectivity index (χ2v) is 7.64. The summed E-state index contributed by atoms with van der Waals surface area (Å²) >= 11 is 0. The molecule has 0 heterocycles. The first kappa shape index (κ1) is 24.9. The molecule has 0 aliphatic carbocycles. The first-order valence-electron chi connectivity index (χ1n) is 10.2. The van der Waals surface area contributed by atoms with E-state index in [4.69, 9.17) is 15.4 Å². The highest BCUT2D eigenvalue weighted by molar-refractivity contribution is 5.69. The van der Waals surface area contributed by atoms with Crippen molar-refractivity contribution in [2.45, 2.75) is 103 Å². The zero-order chi connectivity index (χ0) is 19.8. The van der Waals surface area contributed by atoms with Crippen LogP contribution < -0.4 is 5.48 Å². The lowest BCUT2D eigenvalue weighted by molar-refractivity contribution is -0.142. The fraction of sp³-hybridized carbons (Fsp3) is 0.900. The number of aliphatic carboxylic acids is 2. The van der Waals surface area contributed by atoms with Crippen molar-refractivity contribution in [3.05, 3.63) is 0 Å². The number of hydroxylamine groups is 1. The lowest BCUT2D eigenvalue weighted by atomic mass is 9.98. The maximum atomic E-state index is 10.8. The highest BCUT2D eigenvalue weighted by Gasteiger charge is 2.14. The van der Waals surface area contributed by atoms with Crippen molar-refractivity contribution in [2.24, 2.45) is 11.8 Å². The monoisotopic (exact) mass is 373 g/mol. The van der Waals surface area contributed by atoms with Crippen LogP contribution in [-0.4, -0.2) is 33.4 Å². The molecule has 3 unspecified atom stereocenters. The molecule has 0 aromatic rings. The maximum Gasteiger partial charge on any atom is 0.306 e. The Hall–Kier alpha value is -1.14. The van der Waals surface area contributed by atoms with Gasteiger partial charge in [-0.1, -0.05) is 71.6 Å². The Bertz CT molecular complexity index is 375. The summed E-state index contributed by atoms with van der Waals surface area (Å²) in [5, 5.41) is 26.8. The largest absolute Gasteiger partial charge is 0.481 e. The van der Waals surface area contributed by atoms with E-state index in [1.54, 1.807) is 13.8 Å². The van der Waals surface area contributed by atoms with Gasteiger partial charge in [0.15, 0.2) is 0 Å². The third-order valence-corrected chi connectivity index (χ3v) is 5.16. The fourth-order valence-electron chi connectivity index (χ4n) is 3.05. The van der Waals surface area contributed by atoms with Crippen LogP contribution in [0.1, 0.15) is 97.3 Å². The zero-order valence-corrected chi connectivity index (χ0v) is 16.6. The Kier molecular flexibility index (Phi) is 15.4. The fourth-order valence-corrected chi connectivity index (χ4v) is 3.05. The van der Waals surface area contributed by atoms with Crippen molar-refractivity contribution in [2.75, 3.05) is 0 Å². The topological polar surface area (TPSA) is 107 Å². The van der Waals surface area contributed by atoms with Gasteiger partial charge in [-0.25, -0.2) is 5.48 Å². The summed E-state index contributed by atoms with van der Waals surface area (Å²) < 4.78 is 0. The van der Waals surface area contributed by atoms with Gasteiger partial charge in [-0.15, -0.1) is 0 Å². The van der Waals surface area contributed by atoms with Crippen molar-refractivity contribution in [1.29, 1.82) is 0 Å². The molecule has 0 saturated heterocycles. The molecule has 26 heavy (non-hydrogen) atoms. The number of carboxylic acids is 2. The van der Waals surface area contributed by atoms with E-state index in [9.17, 15) is 9.59 Å². The first-order valence-corrected chi connectivity index (χ1v) is 10.2. The van der Waals surface area contributed by atoms with Gasteiger partial charge in [-0.2, -0.15) is 0 Å². The van der Waals surface area contributed by atoms with Crippen LogP contribution in [0.4, 0.5) is 0 Å². The minimum atomic E-state index is -0.780. The summed E-state index contributed by atoms with van der Waals surface area (Å²) in [6, 6.07) is -0.00926. The lowest BCUT2D eigenvalue weighted by Crippen LogP contribution is -2.27. The molecular weight excluding hydrogens is 334 g/mol. The molecule has 0 aliphatic rings. The van der Waals surface area contributed by atoms with Gasteiger partial charge in [0.1, 0.15) is 0 Å². The number of carboxylic acid groups (broad SMARTS) is 2. The second kappa shape index (κ2) is 16.1. The molecule has 0 fully saturated rings. The Morgan fingerprint density at radius 1 is 0.654 bits per heavy atom. The van der Waals surface area contributed by atoms with Gasteiger partial charge in [0, 0.05) is 6.04 Å². The molecule has 3 atom stereocenters. The highest BCUT2D eigenvalue weighted by Crippen LogP contribution is 2.16. The molecule has 6 heteroatoms. The average Bonchev–Trinajstić information content (AvgIpc) is 2.61. The molecule has 0 radical (unpaired) electrons. The molecule has 0 amide bonds. The number of nitrogens with one attached hydrogen (secondary N) is 1. The van der Waals surface area contributed by atoms with Gasteiger partial charge in [0.2, 0.25) is 0 Å². The summed E-state index contributed by atoms with van der Waals surface area (Å²) in [4.78, 5) is 21.5. The van der Waals surface area contributed by atoms with Crippen molar-refractivity contribution in [3.63, 3.8) is 0 Å². The maximum absolute atomic E-state index is 10.8. The quantitative estimate of drug-likeness (QED) is 0.202. The summed E-state index contributed by atoms with van der Waals surface area (Å²) in [7, 11) is 0. The van der Waals surface area contributed by atoms with Crippen LogP contribution in [-0.2, 0) is 9.59 Å². The predicted molar refractivity (Wildman–Crippen MR) is 102 cm³/mol. The molecule has 0 bridgehead atoms. The van der Waals surface area contributed by atoms with E-state index in [1.165, 1.54) is 32.1 Å². The highest BCUT2D eigenvalue weighted by atomic mass is 16.5. The average molecular weight is 374 g/mol. The summed E-state index contributed by atoms with van der Waals surface area (Å²) in [5.74, 6) is -2.06. The Morgan fingerprint density at radius 2 is 1.04 bits per heavy atom. The Balaban J connectivity index is 3.43. The van der Waals surface area contributed by atoms with Crippen LogP contribution in [0.5, 0.6) is 0 Å². The zero-order valence-electron chi connectivity index (χ0n) is 16.6. The van der Waals surface area contributed by atoms with Gasteiger partial charge < -0.3 is 15.4 Å². The number of hydrogen-bond acceptors (Lipinski definition) is 4. The van der Waals surface area contributed by atoms with E-state index in [1.807, 2.05) is 0 Å². The van der Waals surface area contributed by atoms with Crippen LogP contribution in [0.25, 0.3) is 0 Å². The van der Waals surface area contributed by atoms with Crippen molar-refractivity contribution in [3.8, 4) is 0 Å². The molecule has 4 N–H and O–H groups in total. The number of rotatable bonds is 18. The molecule has 0 aromatic heterocycles. The predicted octanol–water partition coefficient (Wildman–Crippen LogP) is 4.85. The number of carbonyl (C=O) groups is 2. The third kappa shape index (κ3) is 14.1. The van der Waals surface area contributed by atoms with Gasteiger partial charge in [-0.05, 0) is 25.7 Å². The van der Waals surface area contributed by atoms with Crippen LogP contribution in [0.3, 0.4) is 0 Å². The minimum absolute atomic E-state index is 0.00926. The minimum Gasteiger partial charge on any atom is -0.481 e. The van der Waals surface area contributed by atoms with Crippen molar-refractivity contribution < 1.29 is 25.0 Å². The molecule has 0 aliphatic heterocycles. The van der Waals surface area contributed by atoms with Crippen LogP contribution in [0, 0.1) is 11.8 Å².